The molecule has 0 aliphatic carbocycles. The van der Waals surface area contributed by atoms with Gasteiger partial charge in [-0.05, 0) is 42.8 Å². The summed E-state index contributed by atoms with van der Waals surface area (Å²) in [6, 6.07) is 10.1. The molecule has 1 unspecified atom stereocenters. The average molecular weight is 451 g/mol. The molecule has 2 heterocycles. The molecule has 3 N–H and O–H groups in total. The number of guanidine groups is 2. The van der Waals surface area contributed by atoms with Crippen LogP contribution in [0.5, 0.6) is 0 Å². The van der Waals surface area contributed by atoms with E-state index in [0.717, 1.165) is 11.3 Å². The summed E-state index contributed by atoms with van der Waals surface area (Å²) < 4.78 is 19.1. The van der Waals surface area contributed by atoms with Crippen LogP contribution < -0.4 is 16.0 Å². The van der Waals surface area contributed by atoms with Gasteiger partial charge in [0.25, 0.3) is 0 Å². The number of nitrogens with one attached hydrogen (secondary N) is 1. The van der Waals surface area contributed by atoms with Crippen LogP contribution in [0.3, 0.4) is 0 Å². The number of morpholine rings is 1. The lowest BCUT2D eigenvalue weighted by molar-refractivity contribution is 0.0671. The third-order valence-corrected chi connectivity index (χ3v) is 5.57. The Hall–Kier alpha value is -2.55. The lowest BCUT2D eigenvalue weighted by atomic mass is 10.2. The number of nitrogens with two attached hydrogens (primary N) is 1. The molecule has 10 heteroatoms. The minimum absolute atomic E-state index is 0.0137. The topological polar surface area (TPSA) is 78.5 Å². The summed E-state index contributed by atoms with van der Waals surface area (Å²) in [5.41, 5.74) is 8.39. The van der Waals surface area contributed by atoms with Crippen molar-refractivity contribution in [3.8, 4) is 0 Å². The van der Waals surface area contributed by atoms with Crippen LogP contribution in [-0.2, 0) is 4.74 Å². The number of anilines is 2. The third-order valence-electron chi connectivity index (χ3n) is 4.87. The summed E-state index contributed by atoms with van der Waals surface area (Å²) in [5.74, 6) is 0.278. The quantitative estimate of drug-likeness (QED) is 0.745. The minimum Gasteiger partial charge on any atom is -0.378 e. The fourth-order valence-electron chi connectivity index (χ4n) is 3.28. The summed E-state index contributed by atoms with van der Waals surface area (Å²) in [5, 5.41) is 3.90. The second kappa shape index (κ2) is 8.67. The first-order chi connectivity index (χ1) is 14.4. The number of benzene rings is 2. The van der Waals surface area contributed by atoms with Crippen LogP contribution in [0.2, 0.25) is 10.0 Å². The molecule has 1 saturated heterocycles. The Morgan fingerprint density at radius 1 is 1.13 bits per heavy atom. The van der Waals surface area contributed by atoms with E-state index in [0.29, 0.717) is 43.0 Å². The van der Waals surface area contributed by atoms with Gasteiger partial charge in [0.2, 0.25) is 18.2 Å². The van der Waals surface area contributed by atoms with Crippen LogP contribution in [0.25, 0.3) is 0 Å². The van der Waals surface area contributed by atoms with Gasteiger partial charge in [0.15, 0.2) is 0 Å². The number of ether oxygens (including phenoxy) is 1. The van der Waals surface area contributed by atoms with Crippen LogP contribution in [0.1, 0.15) is 5.56 Å². The Kier molecular flexibility index (Phi) is 5.99. The van der Waals surface area contributed by atoms with Gasteiger partial charge in [-0.3, -0.25) is 4.90 Å². The van der Waals surface area contributed by atoms with Crippen molar-refractivity contribution < 1.29 is 9.13 Å². The highest BCUT2D eigenvalue weighted by molar-refractivity contribution is 6.31. The van der Waals surface area contributed by atoms with E-state index in [1.54, 1.807) is 6.07 Å². The number of aryl methyl sites for hydroxylation is 1. The van der Waals surface area contributed by atoms with Gasteiger partial charge in [0.05, 0.1) is 18.2 Å². The molecule has 0 aromatic heterocycles. The Labute approximate surface area is 183 Å². The summed E-state index contributed by atoms with van der Waals surface area (Å²) >= 11 is 12.4. The predicted octanol–water partition coefficient (Wildman–Crippen LogP) is 3.66. The maximum atomic E-state index is 13.6. The molecule has 7 nitrogen and oxygen atoms in total. The molecule has 0 radical (unpaired) electrons. The number of nitrogens with zero attached hydrogens (tertiary/aromatic N) is 4. The van der Waals surface area contributed by atoms with Crippen LogP contribution in [0, 0.1) is 12.7 Å². The normalized spacial score (nSPS) is 19.4. The molecular formula is C20H21Cl2FN6O. The zero-order valence-corrected chi connectivity index (χ0v) is 17.8. The van der Waals surface area contributed by atoms with Gasteiger partial charge < -0.3 is 20.7 Å². The average Bonchev–Trinajstić information content (AvgIpc) is 2.73. The van der Waals surface area contributed by atoms with E-state index in [4.69, 9.17) is 33.7 Å². The first-order valence-electron chi connectivity index (χ1n) is 9.44. The third kappa shape index (κ3) is 4.30. The van der Waals surface area contributed by atoms with Gasteiger partial charge in [-0.2, -0.15) is 4.99 Å². The van der Waals surface area contributed by atoms with Crippen molar-refractivity contribution in [2.45, 2.75) is 13.2 Å². The molecule has 0 spiro atoms. The molecule has 0 amide bonds. The lowest BCUT2D eigenvalue weighted by Gasteiger charge is -2.41. The van der Waals surface area contributed by atoms with Gasteiger partial charge in [0.1, 0.15) is 5.82 Å². The molecule has 4 rings (SSSR count). The number of hydrogen-bond acceptors (Lipinski definition) is 7. The van der Waals surface area contributed by atoms with Crippen molar-refractivity contribution in [1.82, 2.24) is 4.90 Å². The Bertz CT molecular complexity index is 1010. The first kappa shape index (κ1) is 20.7. The van der Waals surface area contributed by atoms with E-state index in [1.807, 2.05) is 30.0 Å². The van der Waals surface area contributed by atoms with Crippen molar-refractivity contribution in [3.05, 3.63) is 57.8 Å². The van der Waals surface area contributed by atoms with E-state index in [2.05, 4.69) is 20.2 Å². The minimum atomic E-state index is -0.638. The van der Waals surface area contributed by atoms with E-state index in [9.17, 15) is 4.39 Å². The highest BCUT2D eigenvalue weighted by Crippen LogP contribution is 2.29. The Balaban J connectivity index is 1.74. The molecule has 1 atom stereocenters. The van der Waals surface area contributed by atoms with E-state index in [1.165, 1.54) is 12.1 Å². The summed E-state index contributed by atoms with van der Waals surface area (Å²) in [4.78, 5) is 13.0. The standard InChI is InChI=1S/C20H21Cl2FN6O/c1-12-2-4-14(11-15(12)21)29-19(25-13-3-5-17(23)16(22)10-13)26-18(24)27-20(29)28-6-8-30-9-7-28/h2-5,10-11,19,25H,6-9H2,1H3,(H2,24,26). The van der Waals surface area contributed by atoms with Crippen LogP contribution in [0.15, 0.2) is 46.4 Å². The van der Waals surface area contributed by atoms with Gasteiger partial charge in [0, 0.05) is 29.5 Å². The molecule has 0 bridgehead atoms. The number of aliphatic imine (C=N–C) groups is 2. The number of hydrogen-bond donors (Lipinski definition) is 2. The summed E-state index contributed by atoms with van der Waals surface area (Å²) in [7, 11) is 0. The largest absolute Gasteiger partial charge is 0.378 e. The molecule has 30 heavy (non-hydrogen) atoms. The van der Waals surface area contributed by atoms with E-state index in [-0.39, 0.29) is 11.0 Å². The maximum Gasteiger partial charge on any atom is 0.222 e. The van der Waals surface area contributed by atoms with Crippen molar-refractivity contribution in [2.24, 2.45) is 15.7 Å². The van der Waals surface area contributed by atoms with Gasteiger partial charge >= 0.3 is 0 Å². The van der Waals surface area contributed by atoms with Crippen LogP contribution in [-0.4, -0.2) is 49.4 Å². The lowest BCUT2D eigenvalue weighted by Crippen LogP contribution is -2.57. The van der Waals surface area contributed by atoms with Crippen molar-refractivity contribution >= 4 is 46.5 Å². The molecular weight excluding hydrogens is 430 g/mol. The zero-order chi connectivity index (χ0) is 21.3. The summed E-state index contributed by atoms with van der Waals surface area (Å²) in [6.45, 7) is 4.44. The van der Waals surface area contributed by atoms with Crippen LogP contribution in [0.4, 0.5) is 15.8 Å². The molecule has 2 aromatic carbocycles. The molecule has 158 valence electrons. The van der Waals surface area contributed by atoms with E-state index >= 15 is 0 Å². The highest BCUT2D eigenvalue weighted by Gasteiger charge is 2.32. The molecule has 2 aromatic rings. The fraction of sp³-hybridized carbons (Fsp3) is 0.300. The monoisotopic (exact) mass is 450 g/mol. The Morgan fingerprint density at radius 3 is 2.60 bits per heavy atom. The highest BCUT2D eigenvalue weighted by atomic mass is 35.5. The van der Waals surface area contributed by atoms with Gasteiger partial charge in [-0.15, -0.1) is 0 Å². The second-order valence-electron chi connectivity index (χ2n) is 6.95. The molecule has 2 aliphatic rings. The molecule has 2 aliphatic heterocycles. The smallest absolute Gasteiger partial charge is 0.222 e. The van der Waals surface area contributed by atoms with Crippen molar-refractivity contribution in [1.29, 1.82) is 0 Å². The maximum absolute atomic E-state index is 13.6. The van der Waals surface area contributed by atoms with Crippen molar-refractivity contribution in [2.75, 3.05) is 36.5 Å². The van der Waals surface area contributed by atoms with E-state index < -0.39 is 12.1 Å². The first-order valence-corrected chi connectivity index (χ1v) is 10.2. The fourth-order valence-corrected chi connectivity index (χ4v) is 3.64. The van der Waals surface area contributed by atoms with Gasteiger partial charge in [-0.1, -0.05) is 29.3 Å². The predicted molar refractivity (Wildman–Crippen MR) is 119 cm³/mol. The Morgan fingerprint density at radius 2 is 1.90 bits per heavy atom. The number of halogens is 3. The molecule has 0 saturated carbocycles. The van der Waals surface area contributed by atoms with Crippen molar-refractivity contribution in [3.63, 3.8) is 0 Å². The van der Waals surface area contributed by atoms with Gasteiger partial charge in [-0.25, -0.2) is 9.38 Å². The van der Waals surface area contributed by atoms with Crippen LogP contribution >= 0.6 is 23.2 Å². The second-order valence-corrected chi connectivity index (χ2v) is 7.76. The SMILES string of the molecule is Cc1ccc(N2C(N3CCOCC3)=NC(N)=NC2Nc2ccc(F)c(Cl)c2)cc1Cl. The zero-order valence-electron chi connectivity index (χ0n) is 16.3. The molecule has 1 fully saturated rings. The number of rotatable bonds is 3. The summed E-state index contributed by atoms with van der Waals surface area (Å²) in [6.07, 6.45) is -0.638.